The quantitative estimate of drug-likeness (QED) is 0.737. The lowest BCUT2D eigenvalue weighted by Crippen LogP contribution is -2.40. The minimum absolute atomic E-state index is 0.0899. The molecule has 4 rings (SSSR count). The Kier molecular flexibility index (Phi) is 4.85. The number of nitrogens with zero attached hydrogens (tertiary/aromatic N) is 2. The maximum Gasteiger partial charge on any atom is 0.238 e. The normalized spacial score (nSPS) is 16.7. The molecule has 4 nitrogen and oxygen atoms in total. The van der Waals surface area contributed by atoms with E-state index >= 15 is 0 Å². The van der Waals surface area contributed by atoms with Gasteiger partial charge in [0.1, 0.15) is 6.07 Å². The number of hydrogen-bond donors (Lipinski definition) is 1. The van der Waals surface area contributed by atoms with Gasteiger partial charge in [0.2, 0.25) is 5.91 Å². The number of fused-ring (bicyclic) bond motifs is 1. The Balaban J connectivity index is 1.55. The summed E-state index contributed by atoms with van der Waals surface area (Å²) in [5, 5.41) is 16.3. The standard InChI is InChI=1S/C20H17N3OS2/c21-12-14-4-1-2-5-16(14)22-19(24)13-23-9-7-17-15(8-11-26-17)20(23)18-6-3-10-25-18/h1-6,8,10-11,20H,7,9,13H2,(H,22,24)/t20-/m0/s1. The number of nitriles is 1. The van der Waals surface area contributed by atoms with E-state index in [1.54, 1.807) is 40.9 Å². The van der Waals surface area contributed by atoms with Crippen molar-refractivity contribution in [3.8, 4) is 6.07 Å². The Morgan fingerprint density at radius 3 is 2.88 bits per heavy atom. The Bertz CT molecular complexity index is 956. The molecular weight excluding hydrogens is 362 g/mol. The van der Waals surface area contributed by atoms with E-state index in [-0.39, 0.29) is 11.9 Å². The molecule has 1 aromatic carbocycles. The third kappa shape index (κ3) is 3.29. The molecule has 1 atom stereocenters. The predicted octanol–water partition coefficient (Wildman–Crippen LogP) is 4.27. The third-order valence-corrected chi connectivity index (χ3v) is 6.47. The monoisotopic (exact) mass is 379 g/mol. The number of benzene rings is 1. The first-order valence-corrected chi connectivity index (χ1v) is 10.1. The second kappa shape index (κ2) is 7.42. The van der Waals surface area contributed by atoms with Gasteiger partial charge in [-0.05, 0) is 47.0 Å². The average Bonchev–Trinajstić information content (AvgIpc) is 3.33. The average molecular weight is 380 g/mol. The topological polar surface area (TPSA) is 56.1 Å². The van der Waals surface area contributed by atoms with E-state index in [0.29, 0.717) is 17.8 Å². The number of carbonyl (C=O) groups is 1. The van der Waals surface area contributed by atoms with Crippen LogP contribution >= 0.6 is 22.7 Å². The van der Waals surface area contributed by atoms with E-state index < -0.39 is 0 Å². The minimum atomic E-state index is -0.0899. The van der Waals surface area contributed by atoms with Crippen LogP contribution in [0, 0.1) is 11.3 Å². The van der Waals surface area contributed by atoms with Crippen LogP contribution in [0.4, 0.5) is 5.69 Å². The van der Waals surface area contributed by atoms with Gasteiger partial charge in [-0.2, -0.15) is 5.26 Å². The SMILES string of the molecule is N#Cc1ccccc1NC(=O)CN1CCc2sccc2[C@H]1c1cccs1. The van der Waals surface area contributed by atoms with Gasteiger partial charge in [-0.1, -0.05) is 18.2 Å². The van der Waals surface area contributed by atoms with E-state index in [9.17, 15) is 10.1 Å². The molecule has 26 heavy (non-hydrogen) atoms. The Morgan fingerprint density at radius 1 is 1.19 bits per heavy atom. The van der Waals surface area contributed by atoms with E-state index in [2.05, 4.69) is 45.2 Å². The van der Waals surface area contributed by atoms with Gasteiger partial charge >= 0.3 is 0 Å². The number of nitrogens with one attached hydrogen (secondary N) is 1. The zero-order chi connectivity index (χ0) is 17.9. The molecular formula is C20H17N3OS2. The molecule has 0 aliphatic carbocycles. The molecule has 1 amide bonds. The van der Waals surface area contributed by atoms with E-state index in [4.69, 9.17) is 0 Å². The van der Waals surface area contributed by atoms with Crippen molar-refractivity contribution in [2.75, 3.05) is 18.4 Å². The fourth-order valence-corrected chi connectivity index (χ4v) is 5.16. The van der Waals surface area contributed by atoms with Crippen molar-refractivity contribution in [1.29, 1.82) is 5.26 Å². The predicted molar refractivity (Wildman–Crippen MR) is 106 cm³/mol. The zero-order valence-corrected chi connectivity index (χ0v) is 15.6. The Hall–Kier alpha value is -2.46. The Labute approximate surface area is 160 Å². The maximum absolute atomic E-state index is 12.7. The van der Waals surface area contributed by atoms with Crippen molar-refractivity contribution in [1.82, 2.24) is 4.90 Å². The van der Waals surface area contributed by atoms with Gasteiger partial charge in [0.05, 0.1) is 23.8 Å². The molecule has 1 aliphatic heterocycles. The van der Waals surface area contributed by atoms with Crippen LogP contribution in [0.5, 0.6) is 0 Å². The molecule has 6 heteroatoms. The van der Waals surface area contributed by atoms with E-state index in [0.717, 1.165) is 13.0 Å². The highest BCUT2D eigenvalue weighted by atomic mass is 32.1. The van der Waals surface area contributed by atoms with E-state index in [1.807, 2.05) is 6.07 Å². The molecule has 0 saturated carbocycles. The van der Waals surface area contributed by atoms with Crippen molar-refractivity contribution in [3.63, 3.8) is 0 Å². The first-order valence-electron chi connectivity index (χ1n) is 8.39. The number of thiophene rings is 2. The molecule has 0 unspecified atom stereocenters. The van der Waals surface area contributed by atoms with Crippen LogP contribution in [0.3, 0.4) is 0 Å². The highest BCUT2D eigenvalue weighted by Gasteiger charge is 2.31. The number of carbonyl (C=O) groups excluding carboxylic acids is 1. The summed E-state index contributed by atoms with van der Waals surface area (Å²) in [6.07, 6.45) is 0.969. The second-order valence-corrected chi connectivity index (χ2v) is 8.12. The number of amides is 1. The van der Waals surface area contributed by atoms with Crippen LogP contribution in [0.2, 0.25) is 0 Å². The van der Waals surface area contributed by atoms with Crippen LogP contribution < -0.4 is 5.32 Å². The summed E-state index contributed by atoms with van der Waals surface area (Å²) in [6.45, 7) is 1.15. The van der Waals surface area contributed by atoms with Gasteiger partial charge in [0.25, 0.3) is 0 Å². The van der Waals surface area contributed by atoms with Crippen molar-refractivity contribution >= 4 is 34.3 Å². The molecule has 130 valence electrons. The molecule has 0 bridgehead atoms. The lowest BCUT2D eigenvalue weighted by molar-refractivity contribution is -0.117. The largest absolute Gasteiger partial charge is 0.324 e. The van der Waals surface area contributed by atoms with Gasteiger partial charge < -0.3 is 5.32 Å². The molecule has 1 N–H and O–H groups in total. The smallest absolute Gasteiger partial charge is 0.238 e. The number of hydrogen-bond acceptors (Lipinski definition) is 5. The van der Waals surface area contributed by atoms with Crippen LogP contribution in [0.15, 0.2) is 53.2 Å². The molecule has 3 aromatic rings. The van der Waals surface area contributed by atoms with Gasteiger partial charge in [-0.25, -0.2) is 0 Å². The lowest BCUT2D eigenvalue weighted by atomic mass is 9.98. The van der Waals surface area contributed by atoms with Crippen LogP contribution in [0.1, 0.15) is 26.9 Å². The summed E-state index contributed by atoms with van der Waals surface area (Å²) in [6, 6.07) is 15.7. The molecule has 0 spiro atoms. The summed E-state index contributed by atoms with van der Waals surface area (Å²) in [5.74, 6) is -0.0899. The number of rotatable bonds is 4. The zero-order valence-electron chi connectivity index (χ0n) is 14.0. The fourth-order valence-electron chi connectivity index (χ4n) is 3.38. The molecule has 3 heterocycles. The molecule has 2 aromatic heterocycles. The Morgan fingerprint density at radius 2 is 2.08 bits per heavy atom. The molecule has 0 radical (unpaired) electrons. The van der Waals surface area contributed by atoms with Crippen LogP contribution in [0.25, 0.3) is 0 Å². The van der Waals surface area contributed by atoms with Crippen LogP contribution in [-0.2, 0) is 11.2 Å². The third-order valence-electron chi connectivity index (χ3n) is 4.55. The fraction of sp³-hybridized carbons (Fsp3) is 0.200. The number of para-hydroxylation sites is 1. The van der Waals surface area contributed by atoms with Crippen molar-refractivity contribution in [3.05, 3.63) is 74.1 Å². The second-order valence-electron chi connectivity index (χ2n) is 6.14. The summed E-state index contributed by atoms with van der Waals surface area (Å²) < 4.78 is 0. The van der Waals surface area contributed by atoms with Crippen molar-refractivity contribution in [2.45, 2.75) is 12.5 Å². The van der Waals surface area contributed by atoms with Crippen LogP contribution in [-0.4, -0.2) is 23.9 Å². The summed E-state index contributed by atoms with van der Waals surface area (Å²) in [7, 11) is 0. The first kappa shape index (κ1) is 17.0. The minimum Gasteiger partial charge on any atom is -0.324 e. The first-order chi connectivity index (χ1) is 12.8. The van der Waals surface area contributed by atoms with E-state index in [1.165, 1.54) is 15.3 Å². The number of anilines is 1. The maximum atomic E-state index is 12.7. The van der Waals surface area contributed by atoms with Crippen molar-refractivity contribution < 1.29 is 4.79 Å². The van der Waals surface area contributed by atoms with Gasteiger partial charge in [-0.3, -0.25) is 9.69 Å². The van der Waals surface area contributed by atoms with Gasteiger partial charge in [0.15, 0.2) is 0 Å². The molecule has 1 aliphatic rings. The van der Waals surface area contributed by atoms with Crippen molar-refractivity contribution in [2.24, 2.45) is 0 Å². The highest BCUT2D eigenvalue weighted by molar-refractivity contribution is 7.10. The molecule has 0 fully saturated rings. The summed E-state index contributed by atoms with van der Waals surface area (Å²) >= 11 is 3.52. The van der Waals surface area contributed by atoms with Gasteiger partial charge in [0, 0.05) is 16.3 Å². The summed E-state index contributed by atoms with van der Waals surface area (Å²) in [4.78, 5) is 17.6. The summed E-state index contributed by atoms with van der Waals surface area (Å²) in [5.41, 5.74) is 2.37. The molecule has 0 saturated heterocycles. The highest BCUT2D eigenvalue weighted by Crippen LogP contribution is 2.39. The van der Waals surface area contributed by atoms with Gasteiger partial charge in [-0.15, -0.1) is 22.7 Å². The lowest BCUT2D eigenvalue weighted by Gasteiger charge is -2.34.